The Morgan fingerprint density at radius 3 is 1.65 bits per heavy atom. The minimum Gasteiger partial charge on any atom is -0.282 e. The molecule has 3 nitrogen and oxygen atoms in total. The largest absolute Gasteiger partial charge is 0.294 e. The van der Waals surface area contributed by atoms with Crippen LogP contribution in [0.25, 0.3) is 10.8 Å². The van der Waals surface area contributed by atoms with Gasteiger partial charge in [-0.25, -0.2) is 0 Å². The highest BCUT2D eigenvalue weighted by atomic mass is 32.2. The highest BCUT2D eigenvalue weighted by Gasteiger charge is 2.14. The van der Waals surface area contributed by atoms with Crippen molar-refractivity contribution in [2.45, 2.75) is 134 Å². The molecule has 0 fully saturated rings. The van der Waals surface area contributed by atoms with Crippen molar-refractivity contribution in [2.75, 3.05) is 0 Å². The Morgan fingerprint density at radius 1 is 0.618 bits per heavy atom. The van der Waals surface area contributed by atoms with E-state index in [9.17, 15) is 13.0 Å². The molecule has 0 amide bonds. The van der Waals surface area contributed by atoms with Crippen LogP contribution >= 0.6 is 0 Å². The van der Waals surface area contributed by atoms with Gasteiger partial charge in [0.25, 0.3) is 10.1 Å². The topological polar surface area (TPSA) is 54.4 Å². The second kappa shape index (κ2) is 16.3. The summed E-state index contributed by atoms with van der Waals surface area (Å²) in [7, 11) is -4.21. The van der Waals surface area contributed by atoms with E-state index >= 15 is 0 Å². The van der Waals surface area contributed by atoms with Gasteiger partial charge in [-0.3, -0.25) is 4.55 Å². The number of unbranched alkanes of at least 4 members (excludes halogenated alkanes) is 14. The van der Waals surface area contributed by atoms with Crippen molar-refractivity contribution in [3.8, 4) is 0 Å². The number of benzene rings is 2. The van der Waals surface area contributed by atoms with Gasteiger partial charge in [-0.1, -0.05) is 122 Å². The summed E-state index contributed by atoms with van der Waals surface area (Å²) in [6.45, 7) is 4.49. The fraction of sp³-hybridized carbons (Fsp3) is 0.667. The van der Waals surface area contributed by atoms with E-state index in [2.05, 4.69) is 32.0 Å². The number of hydrogen-bond acceptors (Lipinski definition) is 2. The van der Waals surface area contributed by atoms with Gasteiger partial charge in [0, 0.05) is 0 Å². The van der Waals surface area contributed by atoms with E-state index in [0.717, 1.165) is 35.6 Å². The highest BCUT2D eigenvalue weighted by molar-refractivity contribution is 7.85. The van der Waals surface area contributed by atoms with Gasteiger partial charge in [-0.05, 0) is 59.7 Å². The van der Waals surface area contributed by atoms with Gasteiger partial charge in [0.05, 0.1) is 4.90 Å². The van der Waals surface area contributed by atoms with Crippen LogP contribution in [0.2, 0.25) is 0 Å². The molecule has 1 N–H and O–H groups in total. The van der Waals surface area contributed by atoms with Crippen LogP contribution in [-0.4, -0.2) is 13.0 Å². The molecule has 0 saturated heterocycles. The molecule has 0 bridgehead atoms. The molecule has 0 radical (unpaired) electrons. The lowest BCUT2D eigenvalue weighted by Gasteiger charge is -2.11. The van der Waals surface area contributed by atoms with Crippen molar-refractivity contribution >= 4 is 20.9 Å². The van der Waals surface area contributed by atoms with E-state index < -0.39 is 10.1 Å². The van der Waals surface area contributed by atoms with Crippen LogP contribution in [0.5, 0.6) is 0 Å². The molecular formula is C30H48O3S. The zero-order valence-electron chi connectivity index (χ0n) is 21.8. The normalized spacial score (nSPS) is 12.0. The van der Waals surface area contributed by atoms with E-state index in [0.29, 0.717) is 0 Å². The molecular weight excluding hydrogens is 440 g/mol. The van der Waals surface area contributed by atoms with Crippen molar-refractivity contribution in [1.29, 1.82) is 0 Å². The average Bonchev–Trinajstić information content (AvgIpc) is 2.81. The first-order chi connectivity index (χ1) is 16.5. The quantitative estimate of drug-likeness (QED) is 0.158. The third-order valence-electron chi connectivity index (χ3n) is 6.99. The third-order valence-corrected chi connectivity index (χ3v) is 7.82. The van der Waals surface area contributed by atoms with Crippen LogP contribution in [0, 0.1) is 0 Å². The Kier molecular flexibility index (Phi) is 13.8. The number of aryl methyl sites for hydroxylation is 2. The molecule has 0 unspecified atom stereocenters. The SMILES string of the molecule is CCCCCCCCCCc1ccc2c(CCCCCCCCCC)cc(S(=O)(=O)O)cc2c1. The molecule has 0 aliphatic carbocycles. The van der Waals surface area contributed by atoms with Gasteiger partial charge in [0.2, 0.25) is 0 Å². The molecule has 2 aromatic carbocycles. The maximum Gasteiger partial charge on any atom is 0.294 e. The van der Waals surface area contributed by atoms with E-state index in [4.69, 9.17) is 0 Å². The minimum absolute atomic E-state index is 0.0267. The molecule has 2 rings (SSSR count). The minimum atomic E-state index is -4.21. The predicted octanol–water partition coefficient (Wildman–Crippen LogP) is 9.45. The summed E-state index contributed by atoms with van der Waals surface area (Å²) in [5.74, 6) is 0. The standard InChI is InChI=1S/C30H48O3S/c1-3-5-7-9-11-13-15-17-19-26-21-22-30-27(20-18-16-14-12-10-8-6-4-2)24-29(34(31,32)33)25-28(30)23-26/h21-25H,3-20H2,1-2H3,(H,31,32,33). The fourth-order valence-corrected chi connectivity index (χ4v) is 5.46. The van der Waals surface area contributed by atoms with Crippen LogP contribution < -0.4 is 0 Å². The van der Waals surface area contributed by atoms with Crippen LogP contribution in [0.4, 0.5) is 0 Å². The Hall–Kier alpha value is -1.39. The maximum absolute atomic E-state index is 11.9. The molecule has 0 aliphatic heterocycles. The Labute approximate surface area is 209 Å². The molecule has 192 valence electrons. The van der Waals surface area contributed by atoms with Crippen LogP contribution in [-0.2, 0) is 23.0 Å². The third kappa shape index (κ3) is 10.9. The first-order valence-electron chi connectivity index (χ1n) is 14.0. The summed E-state index contributed by atoms with van der Waals surface area (Å²) in [6.07, 6.45) is 22.3. The number of rotatable bonds is 19. The fourth-order valence-electron chi connectivity index (χ4n) is 4.89. The van der Waals surface area contributed by atoms with Crippen LogP contribution in [0.1, 0.15) is 128 Å². The molecule has 4 heteroatoms. The first kappa shape index (κ1) is 28.8. The Balaban J connectivity index is 1.94. The zero-order chi connectivity index (χ0) is 24.7. The Morgan fingerprint density at radius 2 is 1.12 bits per heavy atom. The molecule has 0 heterocycles. The summed E-state index contributed by atoms with van der Waals surface area (Å²) < 4.78 is 33.5. The van der Waals surface area contributed by atoms with Crippen molar-refractivity contribution in [3.63, 3.8) is 0 Å². The molecule has 2 aromatic rings. The van der Waals surface area contributed by atoms with Gasteiger partial charge in [-0.2, -0.15) is 8.42 Å². The second-order valence-corrected chi connectivity index (χ2v) is 11.5. The van der Waals surface area contributed by atoms with E-state index in [1.807, 2.05) is 0 Å². The number of hydrogen-bond donors (Lipinski definition) is 1. The molecule has 0 saturated carbocycles. The highest BCUT2D eigenvalue weighted by Crippen LogP contribution is 2.27. The van der Waals surface area contributed by atoms with Crippen LogP contribution in [0.15, 0.2) is 35.2 Å². The van der Waals surface area contributed by atoms with Crippen molar-refractivity contribution in [3.05, 3.63) is 41.5 Å². The lowest BCUT2D eigenvalue weighted by Crippen LogP contribution is -2.01. The van der Waals surface area contributed by atoms with Crippen LogP contribution in [0.3, 0.4) is 0 Å². The monoisotopic (exact) mass is 488 g/mol. The lowest BCUT2D eigenvalue weighted by molar-refractivity contribution is 0.483. The van der Waals surface area contributed by atoms with Gasteiger partial charge in [0.1, 0.15) is 0 Å². The first-order valence-corrected chi connectivity index (χ1v) is 15.4. The molecule has 0 atom stereocenters. The van der Waals surface area contributed by atoms with Crippen molar-refractivity contribution in [2.24, 2.45) is 0 Å². The summed E-state index contributed by atoms with van der Waals surface area (Å²) in [6, 6.07) is 9.80. The molecule has 0 aromatic heterocycles. The van der Waals surface area contributed by atoms with E-state index in [1.54, 1.807) is 12.1 Å². The summed E-state index contributed by atoms with van der Waals surface area (Å²) in [5.41, 5.74) is 2.29. The number of fused-ring (bicyclic) bond motifs is 1. The van der Waals surface area contributed by atoms with Crippen molar-refractivity contribution < 1.29 is 13.0 Å². The zero-order valence-corrected chi connectivity index (χ0v) is 22.6. The molecule has 0 spiro atoms. The van der Waals surface area contributed by atoms with Gasteiger partial charge < -0.3 is 0 Å². The van der Waals surface area contributed by atoms with Gasteiger partial charge >= 0.3 is 0 Å². The smallest absolute Gasteiger partial charge is 0.282 e. The van der Waals surface area contributed by atoms with Crippen molar-refractivity contribution in [1.82, 2.24) is 0 Å². The summed E-state index contributed by atoms with van der Waals surface area (Å²) >= 11 is 0. The average molecular weight is 489 g/mol. The van der Waals surface area contributed by atoms with Gasteiger partial charge in [0.15, 0.2) is 0 Å². The maximum atomic E-state index is 11.9. The summed E-state index contributed by atoms with van der Waals surface area (Å²) in [5, 5.41) is 2.05. The van der Waals surface area contributed by atoms with E-state index in [-0.39, 0.29) is 4.90 Å². The predicted molar refractivity (Wildman–Crippen MR) is 146 cm³/mol. The van der Waals surface area contributed by atoms with E-state index in [1.165, 1.54) is 102 Å². The molecule has 0 aliphatic rings. The van der Waals surface area contributed by atoms with Gasteiger partial charge in [-0.15, -0.1) is 0 Å². The lowest BCUT2D eigenvalue weighted by atomic mass is 9.96. The molecule has 34 heavy (non-hydrogen) atoms. The summed E-state index contributed by atoms with van der Waals surface area (Å²) in [4.78, 5) is 0.0267. The Bertz CT molecular complexity index is 933. The second-order valence-electron chi connectivity index (χ2n) is 10.1.